The van der Waals surface area contributed by atoms with Gasteiger partial charge in [0.05, 0.1) is 6.61 Å². The summed E-state index contributed by atoms with van der Waals surface area (Å²) >= 11 is 0. The van der Waals surface area contributed by atoms with Crippen molar-refractivity contribution in [3.63, 3.8) is 0 Å². The smallest absolute Gasteiger partial charge is 0.335 e. The summed E-state index contributed by atoms with van der Waals surface area (Å²) in [5.41, 5.74) is 0.920. The van der Waals surface area contributed by atoms with E-state index in [2.05, 4.69) is 13.5 Å². The van der Waals surface area contributed by atoms with Gasteiger partial charge in [-0.25, -0.2) is 4.79 Å². The molecule has 0 aliphatic heterocycles. The van der Waals surface area contributed by atoms with Crippen LogP contribution in [0.15, 0.2) is 12.2 Å². The number of ether oxygens (including phenoxy) is 1. The molecule has 0 saturated heterocycles. The predicted molar refractivity (Wildman–Crippen MR) is 60.5 cm³/mol. The Hall–Kier alpha value is -0.830. The van der Waals surface area contributed by atoms with Crippen LogP contribution in [-0.4, -0.2) is 23.8 Å². The van der Waals surface area contributed by atoms with Gasteiger partial charge < -0.3 is 9.84 Å². The lowest BCUT2D eigenvalue weighted by molar-refractivity contribution is -0.152. The Morgan fingerprint density at radius 1 is 1.40 bits per heavy atom. The molecule has 0 aromatic carbocycles. The van der Waals surface area contributed by atoms with E-state index in [-0.39, 0.29) is 0 Å². The van der Waals surface area contributed by atoms with Crippen LogP contribution in [0.25, 0.3) is 0 Å². The highest BCUT2D eigenvalue weighted by atomic mass is 16.5. The van der Waals surface area contributed by atoms with Crippen LogP contribution in [0.3, 0.4) is 0 Å². The number of carbonyl (C=O) groups excluding carboxylic acids is 1. The molecule has 0 aromatic rings. The van der Waals surface area contributed by atoms with Gasteiger partial charge in [-0.1, -0.05) is 31.9 Å². The molecule has 0 aliphatic rings. The lowest BCUT2D eigenvalue weighted by Crippen LogP contribution is -2.23. The largest absolute Gasteiger partial charge is 0.464 e. The molecule has 88 valence electrons. The van der Waals surface area contributed by atoms with Crippen LogP contribution in [0.4, 0.5) is 0 Å². The molecule has 1 atom stereocenters. The Bertz CT molecular complexity index is 199. The predicted octanol–water partition coefficient (Wildman–Crippen LogP) is 2.44. The maximum Gasteiger partial charge on any atom is 0.335 e. The van der Waals surface area contributed by atoms with Crippen molar-refractivity contribution in [2.75, 3.05) is 6.61 Å². The summed E-state index contributed by atoms with van der Waals surface area (Å²) in [4.78, 5) is 11.1. The number of hydrogen-bond donors (Lipinski definition) is 1. The highest BCUT2D eigenvalue weighted by molar-refractivity contribution is 5.74. The number of carbonyl (C=O) groups is 1. The summed E-state index contributed by atoms with van der Waals surface area (Å²) in [6, 6.07) is 0. The first-order chi connectivity index (χ1) is 7.11. The van der Waals surface area contributed by atoms with E-state index in [1.54, 1.807) is 6.92 Å². The first kappa shape index (κ1) is 14.2. The Labute approximate surface area is 92.1 Å². The second kappa shape index (κ2) is 8.48. The average molecular weight is 214 g/mol. The van der Waals surface area contributed by atoms with Crippen LogP contribution >= 0.6 is 0 Å². The van der Waals surface area contributed by atoms with E-state index in [4.69, 9.17) is 4.74 Å². The quantitative estimate of drug-likeness (QED) is 0.383. The number of hydrogen-bond acceptors (Lipinski definition) is 3. The molecule has 1 unspecified atom stereocenters. The zero-order chi connectivity index (χ0) is 11.7. The molecule has 0 fully saturated rings. The van der Waals surface area contributed by atoms with E-state index >= 15 is 0 Å². The maximum absolute atomic E-state index is 11.1. The van der Waals surface area contributed by atoms with Crippen molar-refractivity contribution in [2.24, 2.45) is 0 Å². The summed E-state index contributed by atoms with van der Waals surface area (Å²) in [5.74, 6) is -0.547. The van der Waals surface area contributed by atoms with Gasteiger partial charge in [-0.05, 0) is 19.8 Å². The molecular formula is C12H22O3. The summed E-state index contributed by atoms with van der Waals surface area (Å²) in [5, 5.41) is 9.44. The monoisotopic (exact) mass is 214 g/mol. The van der Waals surface area contributed by atoms with Gasteiger partial charge in [-0.15, -0.1) is 0 Å². The van der Waals surface area contributed by atoms with Crippen molar-refractivity contribution in [3.05, 3.63) is 12.2 Å². The number of esters is 1. The van der Waals surface area contributed by atoms with Crippen LogP contribution < -0.4 is 0 Å². The van der Waals surface area contributed by atoms with Crippen molar-refractivity contribution >= 4 is 5.97 Å². The van der Waals surface area contributed by atoms with E-state index in [0.717, 1.165) is 31.3 Å². The summed E-state index contributed by atoms with van der Waals surface area (Å²) < 4.78 is 4.70. The Balaban J connectivity index is 3.70. The first-order valence-corrected chi connectivity index (χ1v) is 5.63. The third kappa shape index (κ3) is 7.14. The molecule has 0 amide bonds. The van der Waals surface area contributed by atoms with Crippen LogP contribution in [0.1, 0.15) is 46.0 Å². The summed E-state index contributed by atoms with van der Waals surface area (Å²) in [6.07, 6.45) is 3.55. The van der Waals surface area contributed by atoms with E-state index in [9.17, 15) is 9.90 Å². The molecule has 0 spiro atoms. The molecule has 0 radical (unpaired) electrons. The van der Waals surface area contributed by atoms with Gasteiger partial charge in [0.1, 0.15) is 0 Å². The zero-order valence-corrected chi connectivity index (χ0v) is 9.79. The summed E-state index contributed by atoms with van der Waals surface area (Å²) in [6.45, 7) is 8.00. The molecule has 3 nitrogen and oxygen atoms in total. The normalized spacial score (nSPS) is 12.2. The van der Waals surface area contributed by atoms with Crippen molar-refractivity contribution in [1.82, 2.24) is 0 Å². The Morgan fingerprint density at radius 2 is 2.07 bits per heavy atom. The zero-order valence-electron chi connectivity index (χ0n) is 9.79. The van der Waals surface area contributed by atoms with Crippen molar-refractivity contribution < 1.29 is 14.6 Å². The van der Waals surface area contributed by atoms with E-state index in [1.165, 1.54) is 0 Å². The minimum atomic E-state index is -1.04. The van der Waals surface area contributed by atoms with Crippen molar-refractivity contribution in [1.29, 1.82) is 0 Å². The molecular weight excluding hydrogens is 192 g/mol. The van der Waals surface area contributed by atoms with Gasteiger partial charge >= 0.3 is 5.97 Å². The minimum absolute atomic E-state index is 0.304. The molecule has 0 aliphatic carbocycles. The lowest BCUT2D eigenvalue weighted by atomic mass is 10.0. The highest BCUT2D eigenvalue weighted by Gasteiger charge is 2.16. The van der Waals surface area contributed by atoms with Gasteiger partial charge in [0, 0.05) is 6.42 Å². The van der Waals surface area contributed by atoms with Crippen molar-refractivity contribution in [3.8, 4) is 0 Å². The van der Waals surface area contributed by atoms with E-state index in [0.29, 0.717) is 13.0 Å². The minimum Gasteiger partial charge on any atom is -0.464 e. The maximum atomic E-state index is 11.1. The molecule has 1 N–H and O–H groups in total. The number of unbranched alkanes of at least 4 members (excludes halogenated alkanes) is 2. The topological polar surface area (TPSA) is 46.5 Å². The number of aliphatic hydroxyl groups is 1. The molecule has 0 rings (SSSR count). The van der Waals surface area contributed by atoms with Crippen LogP contribution in [-0.2, 0) is 9.53 Å². The van der Waals surface area contributed by atoms with Gasteiger partial charge in [0.25, 0.3) is 0 Å². The first-order valence-electron chi connectivity index (χ1n) is 5.63. The van der Waals surface area contributed by atoms with Crippen LogP contribution in [0.2, 0.25) is 0 Å². The number of rotatable bonds is 8. The van der Waals surface area contributed by atoms with E-state index < -0.39 is 12.1 Å². The molecule has 3 heteroatoms. The fourth-order valence-electron chi connectivity index (χ4n) is 1.32. The molecule has 0 heterocycles. The Kier molecular flexibility index (Phi) is 8.01. The second-order valence-corrected chi connectivity index (χ2v) is 3.68. The molecule has 0 aromatic heterocycles. The fraction of sp³-hybridized carbons (Fsp3) is 0.750. The van der Waals surface area contributed by atoms with Crippen molar-refractivity contribution in [2.45, 2.75) is 52.1 Å². The van der Waals surface area contributed by atoms with Crippen LogP contribution in [0, 0.1) is 0 Å². The van der Waals surface area contributed by atoms with Gasteiger partial charge in [-0.3, -0.25) is 0 Å². The third-order valence-corrected chi connectivity index (χ3v) is 2.17. The second-order valence-electron chi connectivity index (χ2n) is 3.68. The SMILES string of the molecule is C=C(CCCCC)CC(O)C(=O)OCC. The standard InChI is InChI=1S/C12H22O3/c1-4-6-7-8-10(3)9-11(13)12(14)15-5-2/h11,13H,3-9H2,1-2H3. The van der Waals surface area contributed by atoms with E-state index in [1.807, 2.05) is 0 Å². The fourth-order valence-corrected chi connectivity index (χ4v) is 1.32. The van der Waals surface area contributed by atoms with Crippen LogP contribution in [0.5, 0.6) is 0 Å². The average Bonchev–Trinajstić information content (AvgIpc) is 2.18. The molecule has 15 heavy (non-hydrogen) atoms. The number of aliphatic hydroxyl groups excluding tert-OH is 1. The van der Waals surface area contributed by atoms with Gasteiger partial charge in [0.2, 0.25) is 0 Å². The molecule has 0 saturated carbocycles. The molecule has 0 bridgehead atoms. The lowest BCUT2D eigenvalue weighted by Gasteiger charge is -2.11. The Morgan fingerprint density at radius 3 is 2.60 bits per heavy atom. The van der Waals surface area contributed by atoms with Gasteiger partial charge in [-0.2, -0.15) is 0 Å². The third-order valence-electron chi connectivity index (χ3n) is 2.17. The highest BCUT2D eigenvalue weighted by Crippen LogP contribution is 2.13. The van der Waals surface area contributed by atoms with Gasteiger partial charge in [0.15, 0.2) is 6.10 Å². The summed E-state index contributed by atoms with van der Waals surface area (Å²) in [7, 11) is 0.